The molecular weight excluding hydrogens is 537 g/mol. The monoisotopic (exact) mass is 565 g/mol. The largest absolute Gasteiger partial charge is 0.460 e. The average molecular weight is 566 g/mol. The van der Waals surface area contributed by atoms with E-state index >= 15 is 0 Å². The van der Waals surface area contributed by atoms with Gasteiger partial charge in [0.05, 0.1) is 0 Å². The van der Waals surface area contributed by atoms with Crippen molar-refractivity contribution in [1.29, 1.82) is 0 Å². The fourth-order valence-corrected chi connectivity index (χ4v) is 5.22. The Bertz CT molecular complexity index is 1580. The average Bonchev–Trinajstić information content (AvgIpc) is 3.38. The molecule has 0 saturated carbocycles. The van der Waals surface area contributed by atoms with Crippen LogP contribution in [-0.4, -0.2) is 33.8 Å². The summed E-state index contributed by atoms with van der Waals surface area (Å²) in [6.45, 7) is 2.57. The van der Waals surface area contributed by atoms with Gasteiger partial charge in [0.1, 0.15) is 25.0 Å². The molecule has 11 nitrogen and oxygen atoms in total. The van der Waals surface area contributed by atoms with E-state index in [0.717, 1.165) is 10.1 Å². The smallest absolute Gasteiger partial charge is 0.459 e. The molecule has 0 radical (unpaired) electrons. The number of para-hydroxylation sites is 1. The molecule has 3 aromatic rings. The zero-order valence-electron chi connectivity index (χ0n) is 21.8. The number of H-pyrrole nitrogens is 1. The minimum Gasteiger partial charge on any atom is -0.460 e. The number of nitrogens with one attached hydrogen (secondary N) is 2. The van der Waals surface area contributed by atoms with Gasteiger partial charge in [-0.2, -0.15) is 5.09 Å². The summed E-state index contributed by atoms with van der Waals surface area (Å²) in [6, 6.07) is 16.3. The van der Waals surface area contributed by atoms with Crippen molar-refractivity contribution in [3.8, 4) is 18.1 Å². The van der Waals surface area contributed by atoms with Crippen molar-refractivity contribution in [1.82, 2.24) is 14.6 Å². The summed E-state index contributed by atoms with van der Waals surface area (Å²) in [7, 11) is -4.25. The highest BCUT2D eigenvalue weighted by Crippen LogP contribution is 2.46. The third-order valence-corrected chi connectivity index (χ3v) is 7.50. The van der Waals surface area contributed by atoms with Crippen LogP contribution >= 0.6 is 7.75 Å². The lowest BCUT2D eigenvalue weighted by atomic mass is 10.1. The summed E-state index contributed by atoms with van der Waals surface area (Å²) >= 11 is 0. The molecule has 0 amide bonds. The van der Waals surface area contributed by atoms with Crippen LogP contribution in [0.1, 0.15) is 24.3 Å². The normalized spacial score (nSPS) is 20.3. The second-order valence-electron chi connectivity index (χ2n) is 9.00. The Morgan fingerprint density at radius 1 is 1.20 bits per heavy atom. The molecule has 208 valence electrons. The summed E-state index contributed by atoms with van der Waals surface area (Å²) in [5, 5.41) is 2.60. The van der Waals surface area contributed by atoms with E-state index in [-0.39, 0.29) is 12.4 Å². The third kappa shape index (κ3) is 7.05. The Morgan fingerprint density at radius 2 is 1.88 bits per heavy atom. The number of terminal acetylenes is 1. The summed E-state index contributed by atoms with van der Waals surface area (Å²) in [6.07, 6.45) is 9.13. The Balaban J connectivity index is 1.48. The van der Waals surface area contributed by atoms with Crippen LogP contribution in [0, 0.1) is 19.3 Å². The molecule has 0 unspecified atom stereocenters. The van der Waals surface area contributed by atoms with Gasteiger partial charge in [-0.15, -0.1) is 6.42 Å². The molecule has 1 aromatic heterocycles. The van der Waals surface area contributed by atoms with Gasteiger partial charge in [-0.1, -0.05) is 54.5 Å². The molecule has 2 aromatic carbocycles. The number of hydrogen-bond acceptors (Lipinski definition) is 8. The first kappa shape index (κ1) is 28.8. The number of aromatic amines is 1. The number of carbonyl (C=O) groups is 1. The van der Waals surface area contributed by atoms with E-state index in [1.165, 1.54) is 25.3 Å². The van der Waals surface area contributed by atoms with Crippen LogP contribution in [0.4, 0.5) is 0 Å². The minimum atomic E-state index is -4.25. The highest BCUT2D eigenvalue weighted by Gasteiger charge is 2.40. The van der Waals surface area contributed by atoms with E-state index in [4.69, 9.17) is 24.9 Å². The van der Waals surface area contributed by atoms with Crippen LogP contribution in [0.15, 0.2) is 88.6 Å². The number of carbonyl (C=O) groups excluding carboxylic acids is 1. The predicted molar refractivity (Wildman–Crippen MR) is 146 cm³/mol. The van der Waals surface area contributed by atoms with Crippen LogP contribution < -0.4 is 20.9 Å². The van der Waals surface area contributed by atoms with Crippen molar-refractivity contribution in [2.24, 2.45) is 0 Å². The van der Waals surface area contributed by atoms with E-state index in [1.807, 2.05) is 30.3 Å². The lowest BCUT2D eigenvalue weighted by Crippen LogP contribution is -2.39. The zero-order valence-corrected chi connectivity index (χ0v) is 22.7. The standard InChI is InChI=1S/C28H28N3O8P/c1-4-28(16-15-24(38-28)31-17-20(2)25(32)29-27(31)34)19-37-40(35,39-23-13-9-6-10-14-23)30-21(3)26(33)36-18-22-11-7-5-8-12-22/h1,5-17,21,24H,18-19H2,2-3H3,(H,30,35)(H,29,32,34)/t21-,24+,28-,40-/m0/s1. The van der Waals surface area contributed by atoms with Crippen LogP contribution in [0.2, 0.25) is 0 Å². The zero-order chi connectivity index (χ0) is 28.8. The van der Waals surface area contributed by atoms with Crippen LogP contribution in [0.5, 0.6) is 5.75 Å². The Kier molecular flexibility index (Phi) is 8.87. The Labute approximate surface area is 230 Å². The SMILES string of the molecule is C#C[C@@]1(CO[P@@](=O)(N[C@@H](C)C(=O)OCc2ccccc2)Oc2ccccc2)C=C[C@H](n2cc(C)c(=O)[nH]c2=O)O1. The molecule has 12 heteroatoms. The number of aryl methyl sites for hydroxylation is 1. The van der Waals surface area contributed by atoms with Crippen LogP contribution in [0.3, 0.4) is 0 Å². The first-order valence-electron chi connectivity index (χ1n) is 12.3. The molecule has 0 aliphatic carbocycles. The predicted octanol–water partition coefficient (Wildman–Crippen LogP) is 3.23. The Morgan fingerprint density at radius 3 is 2.55 bits per heavy atom. The second-order valence-corrected chi connectivity index (χ2v) is 10.7. The molecule has 0 spiro atoms. The molecule has 0 fully saturated rings. The molecular formula is C28H28N3O8P. The third-order valence-electron chi connectivity index (χ3n) is 5.87. The molecule has 2 N–H and O–H groups in total. The van der Waals surface area contributed by atoms with E-state index in [9.17, 15) is 18.9 Å². The fraction of sp³-hybridized carbons (Fsp3) is 0.250. The van der Waals surface area contributed by atoms with E-state index < -0.39 is 49.4 Å². The minimum absolute atomic E-state index is 0.0280. The molecule has 40 heavy (non-hydrogen) atoms. The highest BCUT2D eigenvalue weighted by molar-refractivity contribution is 7.52. The van der Waals surface area contributed by atoms with Gasteiger partial charge >= 0.3 is 19.4 Å². The maximum atomic E-state index is 13.9. The van der Waals surface area contributed by atoms with Gasteiger partial charge in [-0.3, -0.25) is 23.7 Å². The van der Waals surface area contributed by atoms with E-state index in [2.05, 4.69) is 16.0 Å². The summed E-state index contributed by atoms with van der Waals surface area (Å²) in [5.74, 6) is 1.99. The van der Waals surface area contributed by atoms with Gasteiger partial charge in [-0.05, 0) is 43.7 Å². The number of aromatic nitrogens is 2. The number of benzene rings is 2. The van der Waals surface area contributed by atoms with Crippen LogP contribution in [0.25, 0.3) is 0 Å². The van der Waals surface area contributed by atoms with Crippen molar-refractivity contribution in [2.75, 3.05) is 6.61 Å². The highest BCUT2D eigenvalue weighted by atomic mass is 31.2. The molecule has 0 saturated heterocycles. The number of hydrogen-bond donors (Lipinski definition) is 2. The van der Waals surface area contributed by atoms with Gasteiger partial charge in [-0.25, -0.2) is 9.36 Å². The van der Waals surface area contributed by atoms with Crippen molar-refractivity contribution >= 4 is 13.7 Å². The van der Waals surface area contributed by atoms with Gasteiger partial charge in [0.15, 0.2) is 11.8 Å². The first-order chi connectivity index (χ1) is 19.1. The van der Waals surface area contributed by atoms with Gasteiger partial charge in [0.25, 0.3) is 5.56 Å². The molecule has 0 bridgehead atoms. The number of rotatable bonds is 11. The van der Waals surface area contributed by atoms with Gasteiger partial charge in [0.2, 0.25) is 0 Å². The molecule has 2 heterocycles. The van der Waals surface area contributed by atoms with E-state index in [0.29, 0.717) is 5.56 Å². The quantitative estimate of drug-likeness (QED) is 0.155. The maximum Gasteiger partial charge on any atom is 0.459 e. The van der Waals surface area contributed by atoms with Crippen molar-refractivity contribution < 1.29 is 27.9 Å². The molecule has 4 rings (SSSR count). The maximum absolute atomic E-state index is 13.9. The lowest BCUT2D eigenvalue weighted by Gasteiger charge is -2.28. The number of esters is 1. The first-order valence-corrected chi connectivity index (χ1v) is 13.8. The fourth-order valence-electron chi connectivity index (χ4n) is 3.70. The van der Waals surface area contributed by atoms with Gasteiger partial charge in [0, 0.05) is 11.8 Å². The van der Waals surface area contributed by atoms with Crippen LogP contribution in [-0.2, 0) is 30.0 Å². The topological polar surface area (TPSA) is 138 Å². The number of nitrogens with zero attached hydrogens (tertiary/aromatic N) is 1. The second kappa shape index (κ2) is 12.3. The summed E-state index contributed by atoms with van der Waals surface area (Å²) in [4.78, 5) is 38.9. The summed E-state index contributed by atoms with van der Waals surface area (Å²) < 4.78 is 37.7. The van der Waals surface area contributed by atoms with Gasteiger partial charge < -0.3 is 14.0 Å². The Hall–Kier alpha value is -4.20. The molecule has 1 aliphatic rings. The molecule has 4 atom stereocenters. The molecule has 1 aliphatic heterocycles. The van der Waals surface area contributed by atoms with Crippen molar-refractivity contribution in [2.45, 2.75) is 38.3 Å². The number of ether oxygens (including phenoxy) is 2. The lowest BCUT2D eigenvalue weighted by molar-refractivity contribution is -0.146. The van der Waals surface area contributed by atoms with Crippen molar-refractivity contribution in [3.05, 3.63) is 111 Å². The van der Waals surface area contributed by atoms with Crippen molar-refractivity contribution in [3.63, 3.8) is 0 Å². The summed E-state index contributed by atoms with van der Waals surface area (Å²) in [5.41, 5.74) is -1.67. The van der Waals surface area contributed by atoms with E-state index in [1.54, 1.807) is 37.3 Å².